The summed E-state index contributed by atoms with van der Waals surface area (Å²) in [6.07, 6.45) is 2.94. The molecule has 1 heterocycles. The Morgan fingerprint density at radius 3 is 2.38 bits per heavy atom. The normalized spacial score (nSPS) is 33.1. The van der Waals surface area contributed by atoms with E-state index in [-0.39, 0.29) is 12.6 Å². The number of aliphatic hydroxyl groups excluding tert-OH is 1. The molecule has 0 aromatic carbocycles. The van der Waals surface area contributed by atoms with Crippen molar-refractivity contribution in [1.29, 1.82) is 0 Å². The second-order valence-corrected chi connectivity index (χ2v) is 4.77. The number of carboxylic acid groups (broad SMARTS) is 1. The van der Waals surface area contributed by atoms with E-state index in [9.17, 15) is 9.90 Å². The monoisotopic (exact) mass is 228 g/mol. The van der Waals surface area contributed by atoms with Crippen molar-refractivity contribution in [2.24, 2.45) is 0 Å². The number of hydrogen-bond acceptors (Lipinski definition) is 4. The maximum Gasteiger partial charge on any atom is 0.317 e. The fourth-order valence-electron chi connectivity index (χ4n) is 2.79. The van der Waals surface area contributed by atoms with Gasteiger partial charge in [0.25, 0.3) is 0 Å². The number of nitrogens with zero attached hydrogens (tertiary/aromatic N) is 2. The van der Waals surface area contributed by atoms with Crippen LogP contribution in [0.15, 0.2) is 0 Å². The number of rotatable bonds is 3. The fraction of sp³-hybridized carbons (Fsp3) is 0.909. The predicted molar refractivity (Wildman–Crippen MR) is 59.3 cm³/mol. The Balaban J connectivity index is 1.78. The van der Waals surface area contributed by atoms with Crippen LogP contribution in [0.4, 0.5) is 0 Å². The Kier molecular flexibility index (Phi) is 3.78. The summed E-state index contributed by atoms with van der Waals surface area (Å²) >= 11 is 0. The number of hydrogen-bond donors (Lipinski definition) is 2. The maximum atomic E-state index is 10.6. The molecular formula is C11H20N2O3. The summed E-state index contributed by atoms with van der Waals surface area (Å²) in [6, 6.07) is 0.312. The third-order valence-corrected chi connectivity index (χ3v) is 3.68. The van der Waals surface area contributed by atoms with E-state index < -0.39 is 5.97 Å². The second-order valence-electron chi connectivity index (χ2n) is 4.77. The zero-order valence-corrected chi connectivity index (χ0v) is 9.51. The summed E-state index contributed by atoms with van der Waals surface area (Å²) in [5, 5.41) is 18.5. The fourth-order valence-corrected chi connectivity index (χ4v) is 2.79. The first-order chi connectivity index (χ1) is 7.66. The minimum atomic E-state index is -0.755. The molecule has 0 aromatic rings. The van der Waals surface area contributed by atoms with Gasteiger partial charge in [-0.3, -0.25) is 14.6 Å². The molecule has 2 N–H and O–H groups in total. The molecule has 2 unspecified atom stereocenters. The molecule has 5 heteroatoms. The van der Waals surface area contributed by atoms with Gasteiger partial charge in [0.1, 0.15) is 0 Å². The number of carboxylic acids is 1. The highest BCUT2D eigenvalue weighted by Crippen LogP contribution is 2.24. The topological polar surface area (TPSA) is 64.0 Å². The Morgan fingerprint density at radius 2 is 1.88 bits per heavy atom. The molecule has 0 radical (unpaired) electrons. The van der Waals surface area contributed by atoms with E-state index in [2.05, 4.69) is 4.90 Å². The lowest BCUT2D eigenvalue weighted by molar-refractivity contribution is -0.138. The van der Waals surface area contributed by atoms with Gasteiger partial charge in [0, 0.05) is 32.2 Å². The number of carbonyl (C=O) groups is 1. The zero-order chi connectivity index (χ0) is 11.5. The maximum absolute atomic E-state index is 10.6. The Labute approximate surface area is 95.6 Å². The van der Waals surface area contributed by atoms with Gasteiger partial charge in [-0.1, -0.05) is 0 Å². The van der Waals surface area contributed by atoms with Crippen LogP contribution in [0.3, 0.4) is 0 Å². The van der Waals surface area contributed by atoms with Crippen LogP contribution in [0.2, 0.25) is 0 Å². The average molecular weight is 228 g/mol. The molecule has 1 aliphatic carbocycles. The van der Waals surface area contributed by atoms with E-state index in [1.54, 1.807) is 0 Å². The van der Waals surface area contributed by atoms with Crippen LogP contribution >= 0.6 is 0 Å². The van der Waals surface area contributed by atoms with Crippen LogP contribution in [-0.2, 0) is 4.79 Å². The Morgan fingerprint density at radius 1 is 1.19 bits per heavy atom. The Bertz CT molecular complexity index is 252. The van der Waals surface area contributed by atoms with Gasteiger partial charge in [0.05, 0.1) is 12.6 Å². The smallest absolute Gasteiger partial charge is 0.317 e. The predicted octanol–water partition coefficient (Wildman–Crippen LogP) is -0.398. The molecule has 0 aromatic heterocycles. The lowest BCUT2D eigenvalue weighted by Gasteiger charge is -2.38. The van der Waals surface area contributed by atoms with Gasteiger partial charge in [-0.2, -0.15) is 0 Å². The van der Waals surface area contributed by atoms with Crippen LogP contribution in [0.1, 0.15) is 19.3 Å². The van der Waals surface area contributed by atoms with E-state index in [0.717, 1.165) is 45.4 Å². The van der Waals surface area contributed by atoms with Gasteiger partial charge in [0.15, 0.2) is 0 Å². The summed E-state index contributed by atoms with van der Waals surface area (Å²) in [4.78, 5) is 14.8. The molecule has 0 amide bonds. The highest BCUT2D eigenvalue weighted by molar-refractivity contribution is 5.69. The standard InChI is InChI=1S/C11H20N2O3/c14-10-3-1-2-9(10)13-6-4-12(5-7-13)8-11(15)16/h9-10,14H,1-8H2,(H,15,16). The van der Waals surface area contributed by atoms with Crippen LogP contribution in [-0.4, -0.2) is 70.9 Å². The van der Waals surface area contributed by atoms with Gasteiger partial charge < -0.3 is 10.2 Å². The molecule has 92 valence electrons. The van der Waals surface area contributed by atoms with Crippen molar-refractivity contribution in [3.05, 3.63) is 0 Å². The highest BCUT2D eigenvalue weighted by Gasteiger charge is 2.32. The van der Waals surface area contributed by atoms with Gasteiger partial charge in [0.2, 0.25) is 0 Å². The summed E-state index contributed by atoms with van der Waals surface area (Å²) in [6.45, 7) is 3.51. The van der Waals surface area contributed by atoms with Crippen molar-refractivity contribution < 1.29 is 15.0 Å². The van der Waals surface area contributed by atoms with Gasteiger partial charge >= 0.3 is 5.97 Å². The summed E-state index contributed by atoms with van der Waals surface area (Å²) in [5.41, 5.74) is 0. The van der Waals surface area contributed by atoms with E-state index in [1.807, 2.05) is 4.90 Å². The lowest BCUT2D eigenvalue weighted by atomic mass is 10.1. The van der Waals surface area contributed by atoms with Gasteiger partial charge in [-0.05, 0) is 19.3 Å². The van der Waals surface area contributed by atoms with Crippen molar-refractivity contribution >= 4 is 5.97 Å². The first kappa shape index (κ1) is 11.8. The third kappa shape index (κ3) is 2.72. The van der Waals surface area contributed by atoms with Gasteiger partial charge in [-0.15, -0.1) is 0 Å². The van der Waals surface area contributed by atoms with Crippen molar-refractivity contribution in [3.8, 4) is 0 Å². The SMILES string of the molecule is O=C(O)CN1CCN(C2CCCC2O)CC1. The van der Waals surface area contributed by atoms with E-state index in [4.69, 9.17) is 5.11 Å². The largest absolute Gasteiger partial charge is 0.480 e. The lowest BCUT2D eigenvalue weighted by Crippen LogP contribution is -2.53. The molecule has 16 heavy (non-hydrogen) atoms. The number of aliphatic carboxylic acids is 1. The highest BCUT2D eigenvalue weighted by atomic mass is 16.4. The molecule has 2 aliphatic rings. The van der Waals surface area contributed by atoms with Crippen LogP contribution in [0.25, 0.3) is 0 Å². The van der Waals surface area contributed by atoms with E-state index in [0.29, 0.717) is 6.04 Å². The summed E-state index contributed by atoms with van der Waals surface area (Å²) in [7, 11) is 0. The minimum Gasteiger partial charge on any atom is -0.480 e. The molecule has 0 bridgehead atoms. The van der Waals surface area contributed by atoms with Crippen molar-refractivity contribution in [3.63, 3.8) is 0 Å². The Hall–Kier alpha value is -0.650. The summed E-state index contributed by atoms with van der Waals surface area (Å²) < 4.78 is 0. The van der Waals surface area contributed by atoms with Gasteiger partial charge in [-0.25, -0.2) is 0 Å². The first-order valence-corrected chi connectivity index (χ1v) is 6.03. The number of piperazine rings is 1. The zero-order valence-electron chi connectivity index (χ0n) is 9.51. The molecule has 2 rings (SSSR count). The average Bonchev–Trinajstić information content (AvgIpc) is 2.65. The summed E-state index contributed by atoms with van der Waals surface area (Å²) in [5.74, 6) is -0.755. The molecule has 1 aliphatic heterocycles. The third-order valence-electron chi connectivity index (χ3n) is 3.68. The number of aliphatic hydroxyl groups is 1. The molecule has 2 fully saturated rings. The van der Waals surface area contributed by atoms with E-state index in [1.165, 1.54) is 0 Å². The minimum absolute atomic E-state index is 0.140. The molecular weight excluding hydrogens is 208 g/mol. The van der Waals surface area contributed by atoms with Crippen molar-refractivity contribution in [2.75, 3.05) is 32.7 Å². The molecule has 0 spiro atoms. The van der Waals surface area contributed by atoms with Crippen molar-refractivity contribution in [1.82, 2.24) is 9.80 Å². The quantitative estimate of drug-likeness (QED) is 0.688. The molecule has 1 saturated heterocycles. The van der Waals surface area contributed by atoms with Crippen LogP contribution < -0.4 is 0 Å². The molecule has 1 saturated carbocycles. The van der Waals surface area contributed by atoms with Crippen LogP contribution in [0.5, 0.6) is 0 Å². The van der Waals surface area contributed by atoms with E-state index >= 15 is 0 Å². The first-order valence-electron chi connectivity index (χ1n) is 6.03. The van der Waals surface area contributed by atoms with Crippen molar-refractivity contribution in [2.45, 2.75) is 31.4 Å². The van der Waals surface area contributed by atoms with Crippen LogP contribution in [0, 0.1) is 0 Å². The molecule has 2 atom stereocenters. The second kappa shape index (κ2) is 5.12. The molecule has 5 nitrogen and oxygen atoms in total.